The maximum absolute atomic E-state index is 13.0. The third kappa shape index (κ3) is 13.9. The molecule has 0 saturated carbocycles. The summed E-state index contributed by atoms with van der Waals surface area (Å²) in [7, 11) is 0. The minimum absolute atomic E-state index is 0.0837. The summed E-state index contributed by atoms with van der Waals surface area (Å²) in [6, 6.07) is 4.37. The van der Waals surface area contributed by atoms with Crippen molar-refractivity contribution in [3.05, 3.63) is 98.9 Å². The molecule has 0 aromatic heterocycles. The molecule has 18 nitrogen and oxygen atoms in total. The van der Waals surface area contributed by atoms with Gasteiger partial charge >= 0.3 is 42.0 Å². The molecule has 0 saturated heterocycles. The number of hydrogen-bond acceptors (Lipinski definition) is 16. The highest BCUT2D eigenvalue weighted by molar-refractivity contribution is 5.91. The molecule has 2 amide bonds. The number of hydrogen-bond donors (Lipinski definition) is 3. The molecule has 1 atom stereocenters. The van der Waals surface area contributed by atoms with Gasteiger partial charge in [0.15, 0.2) is 6.29 Å². The standard InChI is InChI=1S/C36H40N2O16/c1-7-27(39)47-16-35(17-48-28(40)8-2,18-49-29(41)9-3)19-52-34(46)38-25-14-24(13-12-23(25)6)37-33(45)53-22-36(20-50-30(42)10-4,21-51-31(43)11-5)26-15-32(44)54-26/h7-15,27,39H,1-5,16-22H2,6H3,(H,37,45)(H,38,46). The minimum atomic E-state index is -1.63. The number of nitrogens with one attached hydrogen (secondary N) is 2. The van der Waals surface area contributed by atoms with Crippen molar-refractivity contribution in [2.45, 2.75) is 13.2 Å². The van der Waals surface area contributed by atoms with Crippen molar-refractivity contribution in [3.63, 3.8) is 0 Å². The van der Waals surface area contributed by atoms with Crippen molar-refractivity contribution in [3.8, 4) is 0 Å². The predicted octanol–water partition coefficient (Wildman–Crippen LogP) is 2.94. The van der Waals surface area contributed by atoms with Crippen LogP contribution in [0.4, 0.5) is 21.0 Å². The van der Waals surface area contributed by atoms with Gasteiger partial charge in [-0.15, -0.1) is 0 Å². The molecule has 18 heteroatoms. The zero-order chi connectivity index (χ0) is 40.3. The van der Waals surface area contributed by atoms with E-state index in [1.807, 2.05) is 0 Å². The van der Waals surface area contributed by atoms with Crippen LogP contribution in [0.1, 0.15) is 5.56 Å². The lowest BCUT2D eigenvalue weighted by Gasteiger charge is -2.35. The van der Waals surface area contributed by atoms with Crippen LogP contribution in [-0.4, -0.2) is 99.7 Å². The molecule has 0 fully saturated rings. The van der Waals surface area contributed by atoms with Crippen molar-refractivity contribution >= 4 is 53.4 Å². The number of anilines is 2. The fourth-order valence-corrected chi connectivity index (χ4v) is 4.06. The zero-order valence-corrected chi connectivity index (χ0v) is 29.3. The number of rotatable bonds is 23. The van der Waals surface area contributed by atoms with E-state index in [-0.39, 0.29) is 17.1 Å². The molecule has 1 aliphatic heterocycles. The molecular formula is C36H40N2O16. The average Bonchev–Trinajstić information content (AvgIpc) is 3.16. The normalized spacial score (nSPS) is 12.4. The third-order valence-corrected chi connectivity index (χ3v) is 7.14. The fraction of sp³-hybridized carbons (Fsp3) is 0.306. The number of carbonyl (C=O) groups excluding carboxylic acids is 7. The Kier molecular flexibility index (Phi) is 17.1. The number of ether oxygens (including phenoxy) is 8. The summed E-state index contributed by atoms with van der Waals surface area (Å²) in [5.74, 6) is -4.23. The molecule has 1 aromatic rings. The van der Waals surface area contributed by atoms with E-state index in [1.165, 1.54) is 18.2 Å². The van der Waals surface area contributed by atoms with Crippen molar-refractivity contribution in [1.82, 2.24) is 0 Å². The summed E-state index contributed by atoms with van der Waals surface area (Å²) < 4.78 is 41.6. The molecular weight excluding hydrogens is 716 g/mol. The van der Waals surface area contributed by atoms with Gasteiger partial charge in [-0.05, 0) is 30.7 Å². The topological polar surface area (TPSA) is 238 Å². The molecule has 0 radical (unpaired) electrons. The van der Waals surface area contributed by atoms with Crippen LogP contribution in [0.3, 0.4) is 0 Å². The van der Waals surface area contributed by atoms with Gasteiger partial charge in [-0.1, -0.05) is 39.0 Å². The highest BCUT2D eigenvalue weighted by Crippen LogP contribution is 2.35. The smallest absolute Gasteiger partial charge is 0.411 e. The molecule has 1 aliphatic rings. The number of amides is 2. The van der Waals surface area contributed by atoms with Crippen LogP contribution in [0.2, 0.25) is 0 Å². The van der Waals surface area contributed by atoms with Crippen molar-refractivity contribution in [2.24, 2.45) is 10.8 Å². The largest absolute Gasteiger partial charge is 0.462 e. The summed E-state index contributed by atoms with van der Waals surface area (Å²) in [6.45, 7) is 14.5. The third-order valence-electron chi connectivity index (χ3n) is 7.14. The summed E-state index contributed by atoms with van der Waals surface area (Å²) in [5, 5.41) is 14.8. The van der Waals surface area contributed by atoms with Gasteiger partial charge in [0.25, 0.3) is 0 Å². The summed E-state index contributed by atoms with van der Waals surface area (Å²) in [6.07, 6.45) is 2.06. The second-order valence-electron chi connectivity index (χ2n) is 11.3. The Morgan fingerprint density at radius 1 is 0.722 bits per heavy atom. The van der Waals surface area contributed by atoms with E-state index in [4.69, 9.17) is 37.9 Å². The van der Waals surface area contributed by atoms with Crippen LogP contribution in [0.15, 0.2) is 93.3 Å². The summed E-state index contributed by atoms with van der Waals surface area (Å²) >= 11 is 0. The van der Waals surface area contributed by atoms with Crippen molar-refractivity contribution in [2.75, 3.05) is 56.9 Å². The molecule has 1 aromatic carbocycles. The number of esters is 5. The number of aliphatic hydroxyl groups is 1. The number of benzene rings is 1. The van der Waals surface area contributed by atoms with E-state index in [9.17, 15) is 38.7 Å². The Morgan fingerprint density at radius 2 is 1.17 bits per heavy atom. The molecule has 3 N–H and O–H groups in total. The Morgan fingerprint density at radius 3 is 1.65 bits per heavy atom. The van der Waals surface area contributed by atoms with Crippen LogP contribution in [0, 0.1) is 17.8 Å². The van der Waals surface area contributed by atoms with Crippen LogP contribution in [0.5, 0.6) is 0 Å². The summed E-state index contributed by atoms with van der Waals surface area (Å²) in [4.78, 5) is 84.9. The van der Waals surface area contributed by atoms with Gasteiger partial charge in [0, 0.05) is 35.7 Å². The quantitative estimate of drug-likeness (QED) is 0.0478. The fourth-order valence-electron chi connectivity index (χ4n) is 4.06. The predicted molar refractivity (Wildman–Crippen MR) is 187 cm³/mol. The monoisotopic (exact) mass is 756 g/mol. The van der Waals surface area contributed by atoms with Gasteiger partial charge in [0.05, 0.1) is 18.1 Å². The molecule has 0 aliphatic carbocycles. The molecule has 54 heavy (non-hydrogen) atoms. The lowest BCUT2D eigenvalue weighted by atomic mass is 9.86. The molecule has 290 valence electrons. The van der Waals surface area contributed by atoms with E-state index in [0.717, 1.165) is 36.5 Å². The second-order valence-corrected chi connectivity index (χ2v) is 11.3. The van der Waals surface area contributed by atoms with Crippen molar-refractivity contribution in [1.29, 1.82) is 0 Å². The van der Waals surface area contributed by atoms with Crippen LogP contribution in [-0.2, 0) is 61.9 Å². The number of aliphatic hydroxyl groups excluding tert-OH is 1. The minimum Gasteiger partial charge on any atom is -0.462 e. The van der Waals surface area contributed by atoms with Crippen LogP contribution >= 0.6 is 0 Å². The Bertz CT molecular complexity index is 1630. The van der Waals surface area contributed by atoms with Gasteiger partial charge in [0.1, 0.15) is 50.8 Å². The second kappa shape index (κ2) is 21.1. The SMILES string of the molecule is C=CC(=O)OCC(COC(=O)C=C)(COC(=O)Nc1cc(NC(=O)OCC(COC(=O)C=C)(COC(=O)C=C)C2=CC(=O)O2)ccc1C)COC(O)C=C. The molecule has 2 rings (SSSR count). The van der Waals surface area contributed by atoms with E-state index < -0.39 is 105 Å². The van der Waals surface area contributed by atoms with Crippen LogP contribution in [0.25, 0.3) is 0 Å². The number of aryl methyl sites for hydroxylation is 1. The first-order chi connectivity index (χ1) is 25.6. The maximum atomic E-state index is 13.0. The first-order valence-corrected chi connectivity index (χ1v) is 15.6. The molecule has 0 bridgehead atoms. The van der Waals surface area contributed by atoms with Crippen LogP contribution < -0.4 is 10.6 Å². The lowest BCUT2D eigenvalue weighted by Crippen LogP contribution is -2.45. The van der Waals surface area contributed by atoms with E-state index in [1.54, 1.807) is 6.92 Å². The Hall–Kier alpha value is -6.53. The highest BCUT2D eigenvalue weighted by atomic mass is 16.6. The molecule has 1 heterocycles. The molecule has 1 unspecified atom stereocenters. The Balaban J connectivity index is 2.22. The van der Waals surface area contributed by atoms with Gasteiger partial charge in [0.2, 0.25) is 0 Å². The molecule has 0 spiro atoms. The average molecular weight is 757 g/mol. The number of cyclic esters (lactones) is 1. The highest BCUT2D eigenvalue weighted by Gasteiger charge is 2.46. The van der Waals surface area contributed by atoms with Gasteiger partial charge in [-0.2, -0.15) is 0 Å². The van der Waals surface area contributed by atoms with E-state index >= 15 is 0 Å². The van der Waals surface area contributed by atoms with E-state index in [2.05, 4.69) is 43.5 Å². The first kappa shape index (κ1) is 43.6. The van der Waals surface area contributed by atoms with Gasteiger partial charge < -0.3 is 43.0 Å². The lowest BCUT2D eigenvalue weighted by molar-refractivity contribution is -0.164. The number of carbonyl (C=O) groups is 7. The van der Waals surface area contributed by atoms with E-state index in [0.29, 0.717) is 5.56 Å². The first-order valence-electron chi connectivity index (χ1n) is 15.6. The maximum Gasteiger partial charge on any atom is 0.411 e. The Labute approximate surface area is 309 Å². The zero-order valence-electron chi connectivity index (χ0n) is 29.3. The van der Waals surface area contributed by atoms with Gasteiger partial charge in [-0.3, -0.25) is 10.6 Å². The van der Waals surface area contributed by atoms with Gasteiger partial charge in [-0.25, -0.2) is 33.6 Å². The van der Waals surface area contributed by atoms with Crippen molar-refractivity contribution < 1.29 is 76.6 Å². The summed E-state index contributed by atoms with van der Waals surface area (Å²) in [5.41, 5.74) is -2.37.